The van der Waals surface area contributed by atoms with E-state index in [9.17, 15) is 4.39 Å². The molecule has 6 heteroatoms. The van der Waals surface area contributed by atoms with Gasteiger partial charge in [-0.25, -0.2) is 9.37 Å². The Bertz CT molecular complexity index is 831. The first kappa shape index (κ1) is 14.6. The Morgan fingerprint density at radius 2 is 2.05 bits per heavy atom. The maximum atomic E-state index is 13.9. The van der Waals surface area contributed by atoms with Crippen LogP contribution < -0.4 is 5.73 Å². The van der Waals surface area contributed by atoms with E-state index in [1.165, 1.54) is 6.07 Å². The van der Waals surface area contributed by atoms with Crippen LogP contribution in [0.1, 0.15) is 18.5 Å². The van der Waals surface area contributed by atoms with Crippen LogP contribution in [-0.4, -0.2) is 9.55 Å². The number of halogens is 3. The molecule has 0 amide bonds. The highest BCUT2D eigenvalue weighted by Crippen LogP contribution is 2.32. The maximum Gasteiger partial charge on any atom is 0.201 e. The van der Waals surface area contributed by atoms with Gasteiger partial charge in [0.2, 0.25) is 5.95 Å². The first-order chi connectivity index (χ1) is 9.99. The van der Waals surface area contributed by atoms with E-state index in [0.717, 1.165) is 5.56 Å². The molecule has 1 aromatic heterocycles. The van der Waals surface area contributed by atoms with Gasteiger partial charge in [0, 0.05) is 11.1 Å². The molecule has 21 heavy (non-hydrogen) atoms. The van der Waals surface area contributed by atoms with E-state index in [1.807, 2.05) is 53.8 Å². The maximum absolute atomic E-state index is 13.9. The summed E-state index contributed by atoms with van der Waals surface area (Å²) in [7, 11) is 0. The van der Waals surface area contributed by atoms with Crippen molar-refractivity contribution in [3.8, 4) is 0 Å². The summed E-state index contributed by atoms with van der Waals surface area (Å²) >= 11 is 8.19. The molecule has 3 rings (SSSR count). The first-order valence-corrected chi connectivity index (χ1v) is 7.81. The lowest BCUT2D eigenvalue weighted by atomic mass is 10.1. The second kappa shape index (κ2) is 5.46. The standard InChI is InChI=1S/C15H12ClFIN3/c1-8(9-4-2-3-5-10(9)16)21-14-6-11(17)12(18)7-13(14)20-15(21)19/h2-8H,1H3,(H2,19,20). The number of rotatable bonds is 2. The number of fused-ring (bicyclic) bond motifs is 1. The van der Waals surface area contributed by atoms with Gasteiger partial charge < -0.3 is 10.3 Å². The van der Waals surface area contributed by atoms with E-state index in [4.69, 9.17) is 17.3 Å². The predicted octanol–water partition coefficient (Wildman–Crippen LogP) is 4.62. The molecule has 0 radical (unpaired) electrons. The van der Waals surface area contributed by atoms with E-state index in [1.54, 1.807) is 10.6 Å². The highest BCUT2D eigenvalue weighted by atomic mass is 127. The number of nitrogens with two attached hydrogens (primary N) is 1. The highest BCUT2D eigenvalue weighted by Gasteiger charge is 2.18. The average molecular weight is 416 g/mol. The van der Waals surface area contributed by atoms with Gasteiger partial charge in [-0.05, 0) is 47.2 Å². The van der Waals surface area contributed by atoms with Crippen LogP contribution in [0.15, 0.2) is 36.4 Å². The number of hydrogen-bond donors (Lipinski definition) is 1. The van der Waals surface area contributed by atoms with E-state index in [2.05, 4.69) is 4.98 Å². The summed E-state index contributed by atoms with van der Waals surface area (Å²) in [5.41, 5.74) is 8.29. The molecule has 0 aliphatic rings. The SMILES string of the molecule is CC(c1ccccc1Cl)n1c(N)nc2cc(I)c(F)cc21. The Morgan fingerprint density at radius 3 is 2.76 bits per heavy atom. The zero-order valence-electron chi connectivity index (χ0n) is 11.1. The lowest BCUT2D eigenvalue weighted by Crippen LogP contribution is -2.10. The fraction of sp³-hybridized carbons (Fsp3) is 0.133. The number of hydrogen-bond acceptors (Lipinski definition) is 2. The summed E-state index contributed by atoms with van der Waals surface area (Å²) in [5.74, 6) is 0.0643. The van der Waals surface area contributed by atoms with Crippen LogP contribution >= 0.6 is 34.2 Å². The van der Waals surface area contributed by atoms with Gasteiger partial charge >= 0.3 is 0 Å². The molecule has 3 nitrogen and oxygen atoms in total. The van der Waals surface area contributed by atoms with E-state index in [0.29, 0.717) is 25.6 Å². The van der Waals surface area contributed by atoms with E-state index >= 15 is 0 Å². The van der Waals surface area contributed by atoms with Crippen LogP contribution in [0, 0.1) is 9.39 Å². The smallest absolute Gasteiger partial charge is 0.201 e. The van der Waals surface area contributed by atoms with Crippen LogP contribution in [0.25, 0.3) is 11.0 Å². The van der Waals surface area contributed by atoms with Crippen molar-refractivity contribution in [2.45, 2.75) is 13.0 Å². The molecule has 0 saturated heterocycles. The zero-order chi connectivity index (χ0) is 15.1. The van der Waals surface area contributed by atoms with Crippen molar-refractivity contribution in [3.05, 3.63) is 56.4 Å². The van der Waals surface area contributed by atoms with Crippen molar-refractivity contribution >= 4 is 51.2 Å². The third-order valence-electron chi connectivity index (χ3n) is 3.50. The van der Waals surface area contributed by atoms with Gasteiger partial charge in [0.05, 0.1) is 20.6 Å². The van der Waals surface area contributed by atoms with E-state index in [-0.39, 0.29) is 11.9 Å². The van der Waals surface area contributed by atoms with Gasteiger partial charge in [0.1, 0.15) is 5.82 Å². The minimum atomic E-state index is -0.282. The van der Waals surface area contributed by atoms with Gasteiger partial charge in [-0.3, -0.25) is 0 Å². The Morgan fingerprint density at radius 1 is 1.33 bits per heavy atom. The summed E-state index contributed by atoms with van der Waals surface area (Å²) in [5, 5.41) is 0.650. The van der Waals surface area contributed by atoms with Gasteiger partial charge in [-0.15, -0.1) is 0 Å². The van der Waals surface area contributed by atoms with Crippen molar-refractivity contribution in [2.24, 2.45) is 0 Å². The van der Waals surface area contributed by atoms with Crippen molar-refractivity contribution in [2.75, 3.05) is 5.73 Å². The fourth-order valence-corrected chi connectivity index (χ4v) is 3.21. The van der Waals surface area contributed by atoms with Gasteiger partial charge in [0.15, 0.2) is 0 Å². The Kier molecular flexibility index (Phi) is 3.79. The molecule has 0 bridgehead atoms. The van der Waals surface area contributed by atoms with Crippen molar-refractivity contribution in [1.29, 1.82) is 0 Å². The summed E-state index contributed by atoms with van der Waals surface area (Å²) in [6.45, 7) is 1.97. The molecule has 0 spiro atoms. The molecule has 0 saturated carbocycles. The Labute approximate surface area is 140 Å². The number of aromatic nitrogens is 2. The monoisotopic (exact) mass is 415 g/mol. The van der Waals surface area contributed by atoms with E-state index < -0.39 is 0 Å². The summed E-state index contributed by atoms with van der Waals surface area (Å²) in [6, 6.07) is 10.6. The second-order valence-electron chi connectivity index (χ2n) is 4.79. The molecule has 1 unspecified atom stereocenters. The summed E-state index contributed by atoms with van der Waals surface area (Å²) in [6.07, 6.45) is 0. The zero-order valence-corrected chi connectivity index (χ0v) is 14.1. The average Bonchev–Trinajstić information content (AvgIpc) is 2.74. The van der Waals surface area contributed by atoms with Crippen LogP contribution in [0.5, 0.6) is 0 Å². The molecule has 1 heterocycles. The minimum Gasteiger partial charge on any atom is -0.369 e. The molecule has 0 fully saturated rings. The lowest BCUT2D eigenvalue weighted by Gasteiger charge is -2.17. The molecular weight excluding hydrogens is 404 g/mol. The first-order valence-electron chi connectivity index (χ1n) is 6.36. The third-order valence-corrected chi connectivity index (χ3v) is 4.67. The van der Waals surface area contributed by atoms with Crippen molar-refractivity contribution < 1.29 is 4.39 Å². The number of nitrogens with zero attached hydrogens (tertiary/aromatic N) is 2. The Balaban J connectivity index is 2.22. The Hall–Kier alpha value is -1.34. The van der Waals surface area contributed by atoms with Crippen LogP contribution in [-0.2, 0) is 0 Å². The van der Waals surface area contributed by atoms with Crippen molar-refractivity contribution in [3.63, 3.8) is 0 Å². The van der Waals surface area contributed by atoms with Crippen LogP contribution in [0.3, 0.4) is 0 Å². The third kappa shape index (κ3) is 2.48. The predicted molar refractivity (Wildman–Crippen MR) is 92.1 cm³/mol. The molecular formula is C15H12ClFIN3. The number of nitrogen functional groups attached to an aromatic ring is 1. The molecule has 1 atom stereocenters. The second-order valence-corrected chi connectivity index (χ2v) is 6.36. The highest BCUT2D eigenvalue weighted by molar-refractivity contribution is 14.1. The van der Waals surface area contributed by atoms with Gasteiger partial charge in [0.25, 0.3) is 0 Å². The quantitative estimate of drug-likeness (QED) is 0.621. The molecule has 0 aliphatic heterocycles. The topological polar surface area (TPSA) is 43.8 Å². The molecule has 108 valence electrons. The largest absolute Gasteiger partial charge is 0.369 e. The number of anilines is 1. The number of imidazole rings is 1. The molecule has 0 aliphatic carbocycles. The summed E-state index contributed by atoms with van der Waals surface area (Å²) < 4.78 is 16.2. The molecule has 3 aromatic rings. The molecule has 2 aromatic carbocycles. The fourth-order valence-electron chi connectivity index (χ4n) is 2.47. The van der Waals surface area contributed by atoms with Crippen LogP contribution in [0.2, 0.25) is 5.02 Å². The van der Waals surface area contributed by atoms with Crippen LogP contribution in [0.4, 0.5) is 10.3 Å². The normalized spacial score (nSPS) is 12.8. The minimum absolute atomic E-state index is 0.136. The van der Waals surface area contributed by atoms with Gasteiger partial charge in [-0.2, -0.15) is 0 Å². The number of benzene rings is 2. The van der Waals surface area contributed by atoms with Gasteiger partial charge in [-0.1, -0.05) is 29.8 Å². The summed E-state index contributed by atoms with van der Waals surface area (Å²) in [4.78, 5) is 4.32. The lowest BCUT2D eigenvalue weighted by molar-refractivity contribution is 0.618. The molecule has 2 N–H and O–H groups in total. The van der Waals surface area contributed by atoms with Crippen molar-refractivity contribution in [1.82, 2.24) is 9.55 Å².